The second kappa shape index (κ2) is 7.88. The van der Waals surface area contributed by atoms with E-state index in [0.717, 1.165) is 5.56 Å². The van der Waals surface area contributed by atoms with E-state index in [4.69, 9.17) is 4.74 Å². The standard InChI is InChI=1S/C17H13F3N2O2S2/c1-24-13-4-2-11(3-5-13)8-22(16-9-25-10-21-16)26(23)17-14(19)6-12(18)7-15(17)20/h2-7,9-10H,8H2,1H3. The zero-order chi connectivity index (χ0) is 18.7. The monoisotopic (exact) mass is 398 g/mol. The number of halogens is 3. The molecule has 3 rings (SSSR count). The maximum atomic E-state index is 14.1. The maximum absolute atomic E-state index is 14.1. The molecule has 136 valence electrons. The number of hydrogen-bond donors (Lipinski definition) is 0. The first-order valence-electron chi connectivity index (χ1n) is 7.34. The van der Waals surface area contributed by atoms with Gasteiger partial charge in [-0.05, 0) is 17.7 Å². The van der Waals surface area contributed by atoms with Crippen molar-refractivity contribution in [3.63, 3.8) is 0 Å². The number of methoxy groups -OCH3 is 1. The number of ether oxygens (including phenoxy) is 1. The van der Waals surface area contributed by atoms with Gasteiger partial charge in [0, 0.05) is 17.5 Å². The minimum atomic E-state index is -2.26. The van der Waals surface area contributed by atoms with E-state index >= 15 is 0 Å². The van der Waals surface area contributed by atoms with Crippen molar-refractivity contribution in [2.24, 2.45) is 0 Å². The van der Waals surface area contributed by atoms with Crippen molar-refractivity contribution in [1.82, 2.24) is 4.98 Å². The second-order valence-electron chi connectivity index (χ2n) is 5.18. The van der Waals surface area contributed by atoms with Crippen molar-refractivity contribution in [1.29, 1.82) is 0 Å². The molecule has 1 heterocycles. The summed E-state index contributed by atoms with van der Waals surface area (Å²) < 4.78 is 60.5. The minimum Gasteiger partial charge on any atom is -0.497 e. The smallest absolute Gasteiger partial charge is 0.160 e. The average molecular weight is 398 g/mol. The first-order chi connectivity index (χ1) is 12.5. The van der Waals surface area contributed by atoms with E-state index < -0.39 is 33.3 Å². The highest BCUT2D eigenvalue weighted by molar-refractivity contribution is 7.86. The van der Waals surface area contributed by atoms with Gasteiger partial charge in [0.05, 0.1) is 19.2 Å². The van der Waals surface area contributed by atoms with Crippen LogP contribution in [0.3, 0.4) is 0 Å². The third kappa shape index (κ3) is 3.88. The molecule has 2 aromatic carbocycles. The highest BCUT2D eigenvalue weighted by atomic mass is 32.2. The van der Waals surface area contributed by atoms with Gasteiger partial charge in [-0.15, -0.1) is 11.3 Å². The minimum absolute atomic E-state index is 0.0800. The van der Waals surface area contributed by atoms with Crippen LogP contribution in [0.1, 0.15) is 5.56 Å². The van der Waals surface area contributed by atoms with Gasteiger partial charge < -0.3 is 4.74 Å². The molecule has 9 heteroatoms. The summed E-state index contributed by atoms with van der Waals surface area (Å²) in [5, 5.41) is 1.61. The zero-order valence-corrected chi connectivity index (χ0v) is 15.1. The Morgan fingerprint density at radius 2 is 1.81 bits per heavy atom. The quantitative estimate of drug-likeness (QED) is 0.622. The van der Waals surface area contributed by atoms with Crippen LogP contribution in [-0.4, -0.2) is 16.3 Å². The Bertz CT molecular complexity index is 895. The summed E-state index contributed by atoms with van der Waals surface area (Å²) in [4.78, 5) is 3.36. The predicted molar refractivity (Wildman–Crippen MR) is 94.0 cm³/mol. The van der Waals surface area contributed by atoms with E-state index in [9.17, 15) is 17.4 Å². The largest absolute Gasteiger partial charge is 0.497 e. The van der Waals surface area contributed by atoms with Gasteiger partial charge in [-0.2, -0.15) is 0 Å². The molecule has 0 saturated heterocycles. The van der Waals surface area contributed by atoms with Crippen LogP contribution < -0.4 is 9.04 Å². The summed E-state index contributed by atoms with van der Waals surface area (Å²) in [6, 6.07) is 7.93. The molecule has 4 nitrogen and oxygen atoms in total. The van der Waals surface area contributed by atoms with Gasteiger partial charge in [0.25, 0.3) is 0 Å². The fourth-order valence-corrected chi connectivity index (χ4v) is 4.07. The van der Waals surface area contributed by atoms with Crippen molar-refractivity contribution in [2.75, 3.05) is 11.4 Å². The van der Waals surface area contributed by atoms with Crippen molar-refractivity contribution in [2.45, 2.75) is 11.4 Å². The number of aromatic nitrogens is 1. The summed E-state index contributed by atoms with van der Waals surface area (Å²) >= 11 is 1.25. The van der Waals surface area contributed by atoms with Crippen LogP contribution >= 0.6 is 11.3 Å². The fourth-order valence-electron chi connectivity index (χ4n) is 2.26. The number of benzene rings is 2. The Labute approximate surface area is 154 Å². The highest BCUT2D eigenvalue weighted by Gasteiger charge is 2.25. The molecule has 0 amide bonds. The van der Waals surface area contributed by atoms with E-state index in [0.29, 0.717) is 23.7 Å². The molecular formula is C17H13F3N2O2S2. The number of thiazole rings is 1. The van der Waals surface area contributed by atoms with Crippen LogP contribution in [0.15, 0.2) is 52.2 Å². The molecule has 0 spiro atoms. The van der Waals surface area contributed by atoms with Crippen LogP contribution in [0.2, 0.25) is 0 Å². The summed E-state index contributed by atoms with van der Waals surface area (Å²) in [5.41, 5.74) is 2.25. The van der Waals surface area contributed by atoms with Crippen molar-refractivity contribution >= 4 is 28.1 Å². The average Bonchev–Trinajstić information content (AvgIpc) is 3.13. The van der Waals surface area contributed by atoms with Crippen LogP contribution in [0, 0.1) is 17.5 Å². The normalized spacial score (nSPS) is 12.0. The molecule has 0 aliphatic carbocycles. The molecule has 0 fully saturated rings. The molecule has 1 atom stereocenters. The topological polar surface area (TPSA) is 42.4 Å². The second-order valence-corrected chi connectivity index (χ2v) is 7.25. The molecule has 0 saturated carbocycles. The summed E-state index contributed by atoms with van der Waals surface area (Å²) in [5.74, 6) is -2.55. The van der Waals surface area contributed by atoms with Gasteiger partial charge in [-0.1, -0.05) is 12.1 Å². The molecule has 1 unspecified atom stereocenters. The molecule has 0 bridgehead atoms. The van der Waals surface area contributed by atoms with Crippen molar-refractivity contribution in [3.8, 4) is 5.75 Å². The molecule has 3 aromatic rings. The molecule has 0 radical (unpaired) electrons. The third-order valence-corrected chi connectivity index (χ3v) is 5.53. The van der Waals surface area contributed by atoms with E-state index in [-0.39, 0.29) is 6.54 Å². The first kappa shape index (κ1) is 18.4. The number of anilines is 1. The lowest BCUT2D eigenvalue weighted by Gasteiger charge is -2.22. The van der Waals surface area contributed by atoms with Gasteiger partial charge in [0.1, 0.15) is 28.1 Å². The van der Waals surface area contributed by atoms with Gasteiger partial charge in [0.2, 0.25) is 0 Å². The van der Waals surface area contributed by atoms with Gasteiger partial charge in [-0.25, -0.2) is 22.4 Å². The van der Waals surface area contributed by atoms with Crippen LogP contribution in [-0.2, 0) is 17.5 Å². The predicted octanol–water partition coefficient (Wildman–Crippen LogP) is 4.30. The Morgan fingerprint density at radius 1 is 1.15 bits per heavy atom. The Kier molecular flexibility index (Phi) is 5.58. The summed E-state index contributed by atoms with van der Waals surface area (Å²) in [6.45, 7) is 0.0800. The third-order valence-electron chi connectivity index (χ3n) is 3.50. The fraction of sp³-hybridized carbons (Fsp3) is 0.118. The van der Waals surface area contributed by atoms with Gasteiger partial charge >= 0.3 is 0 Å². The van der Waals surface area contributed by atoms with E-state index in [1.54, 1.807) is 29.6 Å². The van der Waals surface area contributed by atoms with Crippen molar-refractivity contribution < 1.29 is 22.1 Å². The molecule has 0 N–H and O–H groups in total. The van der Waals surface area contributed by atoms with Crippen LogP contribution in [0.25, 0.3) is 0 Å². The molecule has 26 heavy (non-hydrogen) atoms. The van der Waals surface area contributed by atoms with Gasteiger partial charge in [0.15, 0.2) is 16.8 Å². The lowest BCUT2D eigenvalue weighted by atomic mass is 10.2. The lowest BCUT2D eigenvalue weighted by molar-refractivity contribution is 0.414. The number of hydrogen-bond acceptors (Lipinski definition) is 4. The van der Waals surface area contributed by atoms with Crippen molar-refractivity contribution in [3.05, 3.63) is 70.3 Å². The first-order valence-corrected chi connectivity index (χ1v) is 9.39. The number of nitrogens with zero attached hydrogens (tertiary/aromatic N) is 2. The molecule has 1 aromatic heterocycles. The highest BCUT2D eigenvalue weighted by Crippen LogP contribution is 2.27. The maximum Gasteiger partial charge on any atom is 0.160 e. The van der Waals surface area contributed by atoms with E-state index in [1.807, 2.05) is 0 Å². The van der Waals surface area contributed by atoms with E-state index in [1.165, 1.54) is 28.3 Å². The van der Waals surface area contributed by atoms with Crippen LogP contribution in [0.5, 0.6) is 5.75 Å². The molecule has 0 aliphatic heterocycles. The molecular weight excluding hydrogens is 385 g/mol. The van der Waals surface area contributed by atoms with Crippen LogP contribution in [0.4, 0.5) is 19.0 Å². The summed E-state index contributed by atoms with van der Waals surface area (Å²) in [6.07, 6.45) is 0. The number of rotatable bonds is 6. The van der Waals surface area contributed by atoms with Gasteiger partial charge in [-0.3, -0.25) is 4.31 Å². The lowest BCUT2D eigenvalue weighted by Crippen LogP contribution is -2.27. The Hall–Kier alpha value is -2.39. The summed E-state index contributed by atoms with van der Waals surface area (Å²) in [7, 11) is -0.727. The SMILES string of the molecule is COc1ccc(CN(c2cscn2)S(=O)c2c(F)cc(F)cc2F)cc1. The Morgan fingerprint density at radius 3 is 2.35 bits per heavy atom. The Balaban J connectivity index is 1.98. The van der Waals surface area contributed by atoms with E-state index in [2.05, 4.69) is 4.98 Å². The molecule has 0 aliphatic rings. The zero-order valence-electron chi connectivity index (χ0n) is 13.5.